The van der Waals surface area contributed by atoms with Gasteiger partial charge in [0.1, 0.15) is 6.04 Å². The zero-order valence-electron chi connectivity index (χ0n) is 22.9. The predicted octanol–water partition coefficient (Wildman–Crippen LogP) is 1.43. The molecule has 5 rings (SSSR count). The summed E-state index contributed by atoms with van der Waals surface area (Å²) in [5, 5.41) is 13.2. The lowest BCUT2D eigenvalue weighted by Crippen LogP contribution is -2.62. The SMILES string of the molecule is CNC(=O)[C@@H](NC(=O)[C@@H]1CN(C(=O)c2cnn(Cc3ccccc3)c2)CC12CNC2)[C@@H](C)OCc1ccccc1. The van der Waals surface area contributed by atoms with Crippen LogP contribution in [0.25, 0.3) is 0 Å². The van der Waals surface area contributed by atoms with Crippen LogP contribution in [0.3, 0.4) is 0 Å². The second-order valence-electron chi connectivity index (χ2n) is 10.7. The van der Waals surface area contributed by atoms with E-state index in [4.69, 9.17) is 4.74 Å². The van der Waals surface area contributed by atoms with Gasteiger partial charge in [-0.1, -0.05) is 60.7 Å². The molecule has 0 bridgehead atoms. The van der Waals surface area contributed by atoms with Crippen LogP contribution >= 0.6 is 0 Å². The van der Waals surface area contributed by atoms with Crippen LogP contribution in [0.1, 0.15) is 28.4 Å². The maximum absolute atomic E-state index is 13.6. The van der Waals surface area contributed by atoms with Crippen molar-refractivity contribution < 1.29 is 19.1 Å². The molecule has 3 atom stereocenters. The van der Waals surface area contributed by atoms with E-state index in [1.807, 2.05) is 60.7 Å². The van der Waals surface area contributed by atoms with E-state index in [-0.39, 0.29) is 29.7 Å². The van der Waals surface area contributed by atoms with Crippen LogP contribution in [0, 0.1) is 11.3 Å². The molecule has 210 valence electrons. The number of carbonyl (C=O) groups excluding carboxylic acids is 3. The topological polar surface area (TPSA) is 118 Å². The Morgan fingerprint density at radius 3 is 2.38 bits per heavy atom. The van der Waals surface area contributed by atoms with Gasteiger partial charge in [-0.25, -0.2) is 0 Å². The Bertz CT molecular complexity index is 1320. The Morgan fingerprint density at radius 1 is 1.07 bits per heavy atom. The third kappa shape index (κ3) is 5.93. The van der Waals surface area contributed by atoms with Gasteiger partial charge in [0.2, 0.25) is 11.8 Å². The first-order valence-electron chi connectivity index (χ1n) is 13.6. The number of likely N-dealkylation sites (N-methyl/N-ethyl adjacent to an activating group) is 1. The molecule has 2 aromatic carbocycles. The van der Waals surface area contributed by atoms with E-state index in [0.717, 1.165) is 11.1 Å². The first kappa shape index (κ1) is 27.5. The highest BCUT2D eigenvalue weighted by atomic mass is 16.5. The molecule has 0 aliphatic carbocycles. The Labute approximate surface area is 234 Å². The van der Waals surface area contributed by atoms with Crippen molar-refractivity contribution in [3.63, 3.8) is 0 Å². The van der Waals surface area contributed by atoms with Gasteiger partial charge in [-0.05, 0) is 18.1 Å². The van der Waals surface area contributed by atoms with Crippen LogP contribution in [-0.2, 0) is 27.5 Å². The zero-order chi connectivity index (χ0) is 28.1. The smallest absolute Gasteiger partial charge is 0.257 e. The highest BCUT2D eigenvalue weighted by Gasteiger charge is 2.55. The Balaban J connectivity index is 1.24. The molecule has 10 nitrogen and oxygen atoms in total. The summed E-state index contributed by atoms with van der Waals surface area (Å²) in [5.74, 6) is -1.18. The number of benzene rings is 2. The number of ether oxygens (including phenoxy) is 1. The molecule has 0 saturated carbocycles. The van der Waals surface area contributed by atoms with Crippen molar-refractivity contribution in [2.45, 2.75) is 32.2 Å². The summed E-state index contributed by atoms with van der Waals surface area (Å²) in [5.41, 5.74) is 2.19. The normalized spacial score (nSPS) is 19.1. The fourth-order valence-corrected chi connectivity index (χ4v) is 5.51. The lowest BCUT2D eigenvalue weighted by Gasteiger charge is -2.43. The summed E-state index contributed by atoms with van der Waals surface area (Å²) in [6.45, 7) is 4.67. The van der Waals surface area contributed by atoms with Gasteiger partial charge in [-0.2, -0.15) is 5.10 Å². The minimum absolute atomic E-state index is 0.150. The second kappa shape index (κ2) is 12.0. The van der Waals surface area contributed by atoms with Crippen molar-refractivity contribution in [1.29, 1.82) is 0 Å². The Morgan fingerprint density at radius 2 is 1.75 bits per heavy atom. The van der Waals surface area contributed by atoms with Gasteiger partial charge in [0.05, 0.1) is 36.9 Å². The van der Waals surface area contributed by atoms with Gasteiger partial charge in [-0.15, -0.1) is 0 Å². The number of likely N-dealkylation sites (tertiary alicyclic amines) is 1. The van der Waals surface area contributed by atoms with Crippen LogP contribution < -0.4 is 16.0 Å². The van der Waals surface area contributed by atoms with E-state index in [1.165, 1.54) is 7.05 Å². The molecule has 3 amide bonds. The van der Waals surface area contributed by atoms with Crippen molar-refractivity contribution in [2.75, 3.05) is 33.2 Å². The summed E-state index contributed by atoms with van der Waals surface area (Å²) in [4.78, 5) is 41.6. The third-order valence-corrected chi connectivity index (χ3v) is 7.93. The first-order chi connectivity index (χ1) is 19.4. The molecule has 2 aliphatic heterocycles. The Hall–Kier alpha value is -4.02. The molecule has 3 heterocycles. The summed E-state index contributed by atoms with van der Waals surface area (Å²) < 4.78 is 7.71. The van der Waals surface area contributed by atoms with Crippen LogP contribution in [0.15, 0.2) is 73.1 Å². The third-order valence-electron chi connectivity index (χ3n) is 7.93. The molecular weight excluding hydrogens is 508 g/mol. The second-order valence-corrected chi connectivity index (χ2v) is 10.7. The number of nitrogens with zero attached hydrogens (tertiary/aromatic N) is 3. The Kier molecular flexibility index (Phi) is 8.27. The van der Waals surface area contributed by atoms with Gasteiger partial charge in [-0.3, -0.25) is 19.1 Å². The van der Waals surface area contributed by atoms with Gasteiger partial charge in [0.15, 0.2) is 0 Å². The highest BCUT2D eigenvalue weighted by Crippen LogP contribution is 2.40. The number of hydrogen-bond donors (Lipinski definition) is 3. The number of aromatic nitrogens is 2. The number of rotatable bonds is 10. The lowest BCUT2D eigenvalue weighted by molar-refractivity contribution is -0.137. The summed E-state index contributed by atoms with van der Waals surface area (Å²) in [6, 6.07) is 18.7. The van der Waals surface area contributed by atoms with Gasteiger partial charge in [0, 0.05) is 44.8 Å². The van der Waals surface area contributed by atoms with Crippen LogP contribution in [0.5, 0.6) is 0 Å². The molecule has 2 saturated heterocycles. The summed E-state index contributed by atoms with van der Waals surface area (Å²) in [7, 11) is 1.54. The molecule has 40 heavy (non-hydrogen) atoms. The van der Waals surface area contributed by atoms with E-state index in [2.05, 4.69) is 21.0 Å². The monoisotopic (exact) mass is 544 g/mol. The van der Waals surface area contributed by atoms with Crippen molar-refractivity contribution in [2.24, 2.45) is 11.3 Å². The predicted molar refractivity (Wildman–Crippen MR) is 149 cm³/mol. The fraction of sp³-hybridized carbons (Fsp3) is 0.400. The molecule has 0 unspecified atom stereocenters. The molecular formula is C30H36N6O4. The van der Waals surface area contributed by atoms with E-state index in [1.54, 1.807) is 28.9 Å². The van der Waals surface area contributed by atoms with Crippen molar-refractivity contribution in [1.82, 2.24) is 30.6 Å². The molecule has 0 radical (unpaired) electrons. The number of nitrogens with one attached hydrogen (secondary N) is 3. The molecule has 2 fully saturated rings. The average molecular weight is 545 g/mol. The highest BCUT2D eigenvalue weighted by molar-refractivity contribution is 5.95. The van der Waals surface area contributed by atoms with Crippen molar-refractivity contribution in [3.05, 3.63) is 89.7 Å². The van der Waals surface area contributed by atoms with Crippen LogP contribution in [0.4, 0.5) is 0 Å². The van der Waals surface area contributed by atoms with E-state index < -0.39 is 18.1 Å². The van der Waals surface area contributed by atoms with Gasteiger partial charge < -0.3 is 25.6 Å². The quantitative estimate of drug-likeness (QED) is 0.356. The molecule has 3 aromatic rings. The standard InChI is InChI=1S/C30H36N6O4/c1-21(40-17-23-11-7-4-8-12-23)26(28(38)31-2)34-27(37)25-16-35(20-30(25)18-32-19-30)29(39)24-13-33-36(15-24)14-22-9-5-3-6-10-22/h3-13,15,21,25-26,32H,14,16-20H2,1-2H3,(H,31,38)(H,34,37)/t21-,25+,26+/m1/s1. The van der Waals surface area contributed by atoms with Crippen LogP contribution in [-0.4, -0.2) is 77.8 Å². The summed E-state index contributed by atoms with van der Waals surface area (Å²) in [6.07, 6.45) is 2.77. The van der Waals surface area contributed by atoms with Crippen molar-refractivity contribution >= 4 is 17.7 Å². The van der Waals surface area contributed by atoms with E-state index in [9.17, 15) is 14.4 Å². The van der Waals surface area contributed by atoms with Gasteiger partial charge >= 0.3 is 0 Å². The molecule has 1 aromatic heterocycles. The fourth-order valence-electron chi connectivity index (χ4n) is 5.51. The number of amides is 3. The molecule has 10 heteroatoms. The number of hydrogen-bond acceptors (Lipinski definition) is 6. The first-order valence-corrected chi connectivity index (χ1v) is 13.6. The minimum Gasteiger partial charge on any atom is -0.371 e. The molecule has 3 N–H and O–H groups in total. The summed E-state index contributed by atoms with van der Waals surface area (Å²) >= 11 is 0. The number of carbonyl (C=O) groups is 3. The minimum atomic E-state index is -0.868. The van der Waals surface area contributed by atoms with E-state index >= 15 is 0 Å². The lowest BCUT2D eigenvalue weighted by atomic mass is 9.72. The molecule has 1 spiro atoms. The van der Waals surface area contributed by atoms with Gasteiger partial charge in [0.25, 0.3) is 5.91 Å². The average Bonchev–Trinajstić information content (AvgIpc) is 3.60. The maximum atomic E-state index is 13.6. The zero-order valence-corrected chi connectivity index (χ0v) is 22.9. The van der Waals surface area contributed by atoms with E-state index in [0.29, 0.717) is 38.3 Å². The molecule has 2 aliphatic rings. The van der Waals surface area contributed by atoms with Crippen molar-refractivity contribution in [3.8, 4) is 0 Å². The maximum Gasteiger partial charge on any atom is 0.257 e. The largest absolute Gasteiger partial charge is 0.371 e. The van der Waals surface area contributed by atoms with Crippen LogP contribution in [0.2, 0.25) is 0 Å².